The molecule has 1 nitrogen and oxygen atoms in total. The summed E-state index contributed by atoms with van der Waals surface area (Å²) in [5, 5.41) is 0. The molecule has 0 bridgehead atoms. The Labute approximate surface area is 146 Å². The summed E-state index contributed by atoms with van der Waals surface area (Å²) in [5.74, 6) is 1.23. The molecule has 2 aliphatic rings. The Morgan fingerprint density at radius 3 is 2.38 bits per heavy atom. The van der Waals surface area contributed by atoms with Crippen LogP contribution in [0, 0.1) is 5.92 Å². The summed E-state index contributed by atoms with van der Waals surface area (Å²) in [5.41, 5.74) is 4.41. The van der Waals surface area contributed by atoms with Gasteiger partial charge in [-0.05, 0) is 30.4 Å². The van der Waals surface area contributed by atoms with Crippen LogP contribution in [0.4, 0.5) is 0 Å². The lowest BCUT2D eigenvalue weighted by atomic mass is 9.80. The van der Waals surface area contributed by atoms with Crippen LogP contribution in [0.15, 0.2) is 72.8 Å². The smallest absolute Gasteiger partial charge is 0.0237 e. The lowest BCUT2D eigenvalue weighted by Gasteiger charge is -2.28. The van der Waals surface area contributed by atoms with Crippen molar-refractivity contribution in [3.63, 3.8) is 0 Å². The maximum absolute atomic E-state index is 4.51. The fourth-order valence-electron chi connectivity index (χ4n) is 4.80. The van der Waals surface area contributed by atoms with Crippen LogP contribution in [-0.2, 0) is 6.54 Å². The highest BCUT2D eigenvalue weighted by molar-refractivity contribution is 5.29. The van der Waals surface area contributed by atoms with E-state index in [0.717, 1.165) is 13.1 Å². The third kappa shape index (κ3) is 3.06. The minimum Gasteiger partial charge on any atom is -0.295 e. The van der Waals surface area contributed by atoms with Gasteiger partial charge in [-0.15, -0.1) is 0 Å². The quantitative estimate of drug-likeness (QED) is 0.685. The van der Waals surface area contributed by atoms with Crippen LogP contribution in [0.1, 0.15) is 42.7 Å². The molecule has 3 atom stereocenters. The number of nitrogens with zero attached hydrogens (tertiary/aromatic N) is 1. The predicted molar refractivity (Wildman–Crippen MR) is 101 cm³/mol. The van der Waals surface area contributed by atoms with Gasteiger partial charge in [0.1, 0.15) is 0 Å². The molecule has 1 saturated carbocycles. The SMILES string of the molecule is C=C1CCCC[C@H]2[C@H]1[C@@H](c1ccccc1)CN2Cc1ccccc1. The van der Waals surface area contributed by atoms with Gasteiger partial charge in [0.25, 0.3) is 0 Å². The highest BCUT2D eigenvalue weighted by Gasteiger charge is 2.43. The lowest BCUT2D eigenvalue weighted by molar-refractivity contribution is 0.217. The summed E-state index contributed by atoms with van der Waals surface area (Å²) in [7, 11) is 0. The van der Waals surface area contributed by atoms with Crippen LogP contribution in [0.5, 0.6) is 0 Å². The van der Waals surface area contributed by atoms with Crippen molar-refractivity contribution in [1.29, 1.82) is 0 Å². The molecule has 4 rings (SSSR count). The van der Waals surface area contributed by atoms with Gasteiger partial charge in [-0.25, -0.2) is 0 Å². The van der Waals surface area contributed by atoms with E-state index < -0.39 is 0 Å². The first-order chi connectivity index (χ1) is 11.8. The standard InChI is InChI=1S/C23H27N/c1-18-10-8-9-15-22-23(18)21(20-13-6-3-7-14-20)17-24(22)16-19-11-4-2-5-12-19/h2-7,11-14,21-23H,1,8-10,15-17H2/t21-,22+,23-/m1/s1. The number of likely N-dealkylation sites (tertiary alicyclic amines) is 1. The van der Waals surface area contributed by atoms with Gasteiger partial charge in [0, 0.05) is 31.0 Å². The molecule has 1 saturated heterocycles. The number of rotatable bonds is 3. The molecule has 124 valence electrons. The predicted octanol–water partition coefficient (Wildman–Crippen LogP) is 5.40. The zero-order chi connectivity index (χ0) is 16.4. The number of hydrogen-bond acceptors (Lipinski definition) is 1. The second-order valence-corrected chi connectivity index (χ2v) is 7.43. The van der Waals surface area contributed by atoms with Gasteiger partial charge >= 0.3 is 0 Å². The minimum atomic E-state index is 0.602. The molecule has 24 heavy (non-hydrogen) atoms. The Morgan fingerprint density at radius 2 is 1.62 bits per heavy atom. The van der Waals surface area contributed by atoms with E-state index in [9.17, 15) is 0 Å². The van der Waals surface area contributed by atoms with Crippen LogP contribution < -0.4 is 0 Å². The molecule has 0 amide bonds. The van der Waals surface area contributed by atoms with E-state index in [0.29, 0.717) is 17.9 Å². The Kier molecular flexibility index (Phi) is 4.53. The normalized spacial score (nSPS) is 27.7. The molecule has 0 spiro atoms. The van der Waals surface area contributed by atoms with Gasteiger partial charge < -0.3 is 0 Å². The molecule has 1 aliphatic carbocycles. The molecule has 0 N–H and O–H groups in total. The second kappa shape index (κ2) is 6.94. The Hall–Kier alpha value is -1.86. The molecule has 1 heteroatoms. The van der Waals surface area contributed by atoms with E-state index >= 15 is 0 Å². The largest absolute Gasteiger partial charge is 0.295 e. The maximum Gasteiger partial charge on any atom is 0.0237 e. The average molecular weight is 317 g/mol. The fraction of sp³-hybridized carbons (Fsp3) is 0.391. The molecular formula is C23H27N. The van der Waals surface area contributed by atoms with E-state index in [4.69, 9.17) is 0 Å². The highest BCUT2D eigenvalue weighted by atomic mass is 15.2. The van der Waals surface area contributed by atoms with Crippen LogP contribution in [0.2, 0.25) is 0 Å². The second-order valence-electron chi connectivity index (χ2n) is 7.43. The first-order valence-corrected chi connectivity index (χ1v) is 9.33. The maximum atomic E-state index is 4.51. The summed E-state index contributed by atoms with van der Waals surface area (Å²) < 4.78 is 0. The summed E-state index contributed by atoms with van der Waals surface area (Å²) in [6.07, 6.45) is 5.18. The van der Waals surface area contributed by atoms with Crippen molar-refractivity contribution >= 4 is 0 Å². The topological polar surface area (TPSA) is 3.24 Å². The summed E-state index contributed by atoms with van der Waals surface area (Å²) in [6.45, 7) is 6.74. The van der Waals surface area contributed by atoms with Crippen molar-refractivity contribution in [2.24, 2.45) is 5.92 Å². The van der Waals surface area contributed by atoms with Gasteiger partial charge in [0.2, 0.25) is 0 Å². The van der Waals surface area contributed by atoms with E-state index in [1.807, 2.05) is 0 Å². The van der Waals surface area contributed by atoms with Crippen molar-refractivity contribution in [1.82, 2.24) is 4.90 Å². The molecule has 0 unspecified atom stereocenters. The first-order valence-electron chi connectivity index (χ1n) is 9.33. The first kappa shape index (κ1) is 15.7. The number of fused-ring (bicyclic) bond motifs is 1. The Morgan fingerprint density at radius 1 is 0.917 bits per heavy atom. The van der Waals surface area contributed by atoms with Gasteiger partial charge in [-0.1, -0.05) is 79.2 Å². The monoisotopic (exact) mass is 317 g/mol. The van der Waals surface area contributed by atoms with Crippen molar-refractivity contribution < 1.29 is 0 Å². The van der Waals surface area contributed by atoms with Crippen LogP contribution in [0.25, 0.3) is 0 Å². The van der Waals surface area contributed by atoms with Crippen LogP contribution >= 0.6 is 0 Å². The minimum absolute atomic E-state index is 0.602. The molecular weight excluding hydrogens is 290 g/mol. The number of benzene rings is 2. The highest BCUT2D eigenvalue weighted by Crippen LogP contribution is 2.46. The van der Waals surface area contributed by atoms with Crippen molar-refractivity contribution in [3.8, 4) is 0 Å². The van der Waals surface area contributed by atoms with Crippen molar-refractivity contribution in [3.05, 3.63) is 83.9 Å². The van der Waals surface area contributed by atoms with Gasteiger partial charge in [0.05, 0.1) is 0 Å². The van der Waals surface area contributed by atoms with Crippen molar-refractivity contribution in [2.45, 2.75) is 44.2 Å². The van der Waals surface area contributed by atoms with E-state index in [1.54, 1.807) is 0 Å². The van der Waals surface area contributed by atoms with E-state index in [1.165, 1.54) is 42.4 Å². The lowest BCUT2D eigenvalue weighted by Crippen LogP contribution is -2.32. The van der Waals surface area contributed by atoms with E-state index in [-0.39, 0.29) is 0 Å². The molecule has 1 aliphatic heterocycles. The molecule has 2 aromatic rings. The molecule has 0 aromatic heterocycles. The summed E-state index contributed by atoms with van der Waals surface area (Å²) in [4.78, 5) is 2.73. The van der Waals surface area contributed by atoms with E-state index in [2.05, 4.69) is 72.1 Å². The van der Waals surface area contributed by atoms with Crippen molar-refractivity contribution in [2.75, 3.05) is 6.54 Å². The molecule has 2 fully saturated rings. The van der Waals surface area contributed by atoms with Crippen LogP contribution in [0.3, 0.4) is 0 Å². The average Bonchev–Trinajstić information content (AvgIpc) is 2.87. The summed E-state index contributed by atoms with van der Waals surface area (Å²) >= 11 is 0. The zero-order valence-electron chi connectivity index (χ0n) is 14.4. The third-order valence-electron chi connectivity index (χ3n) is 5.92. The Bertz CT molecular complexity index is 676. The molecule has 1 heterocycles. The number of hydrogen-bond donors (Lipinski definition) is 0. The zero-order valence-corrected chi connectivity index (χ0v) is 14.4. The molecule has 0 radical (unpaired) electrons. The fourth-order valence-corrected chi connectivity index (χ4v) is 4.80. The third-order valence-corrected chi connectivity index (χ3v) is 5.92. The van der Waals surface area contributed by atoms with Crippen LogP contribution in [-0.4, -0.2) is 17.5 Å². The van der Waals surface area contributed by atoms with Gasteiger partial charge in [-0.2, -0.15) is 0 Å². The van der Waals surface area contributed by atoms with Gasteiger partial charge in [0.15, 0.2) is 0 Å². The van der Waals surface area contributed by atoms with Gasteiger partial charge in [-0.3, -0.25) is 4.90 Å². The Balaban J connectivity index is 1.64. The molecule has 2 aromatic carbocycles. The summed E-state index contributed by atoms with van der Waals surface area (Å²) in [6, 6.07) is 22.7.